The average molecular weight is 483 g/mol. The van der Waals surface area contributed by atoms with Crippen molar-refractivity contribution in [2.45, 2.75) is 26.0 Å². The number of aliphatic imine (C=N–C) groups is 1. The van der Waals surface area contributed by atoms with E-state index < -0.39 is 6.10 Å². The number of aliphatic hydroxyl groups excluding tert-OH is 1. The summed E-state index contributed by atoms with van der Waals surface area (Å²) in [5.74, 6) is 2.27. The molecule has 1 unspecified atom stereocenters. The van der Waals surface area contributed by atoms with Gasteiger partial charge in [0.25, 0.3) is 0 Å². The fourth-order valence-electron chi connectivity index (χ4n) is 2.72. The summed E-state index contributed by atoms with van der Waals surface area (Å²) in [6, 6.07) is 15.5. The fourth-order valence-corrected chi connectivity index (χ4v) is 2.72. The molecular formula is C20H26IN3O3. The number of benzene rings is 2. The lowest BCUT2D eigenvalue weighted by atomic mass is 10.1. The van der Waals surface area contributed by atoms with Gasteiger partial charge in [-0.15, -0.1) is 24.0 Å². The largest absolute Gasteiger partial charge is 0.454 e. The van der Waals surface area contributed by atoms with Crippen molar-refractivity contribution in [2.75, 3.05) is 19.9 Å². The number of hydrogen-bond donors (Lipinski definition) is 3. The molecule has 2 aromatic carbocycles. The van der Waals surface area contributed by atoms with Crippen LogP contribution in [0.2, 0.25) is 0 Å². The van der Waals surface area contributed by atoms with E-state index in [2.05, 4.69) is 15.6 Å². The van der Waals surface area contributed by atoms with Gasteiger partial charge in [-0.05, 0) is 36.6 Å². The smallest absolute Gasteiger partial charge is 0.231 e. The number of halogens is 1. The summed E-state index contributed by atoms with van der Waals surface area (Å²) in [7, 11) is 0. The first kappa shape index (κ1) is 21.3. The third-order valence-corrected chi connectivity index (χ3v) is 4.10. The van der Waals surface area contributed by atoms with E-state index in [1.807, 2.05) is 55.5 Å². The van der Waals surface area contributed by atoms with Crippen LogP contribution in [-0.4, -0.2) is 30.9 Å². The third kappa shape index (κ3) is 6.28. The van der Waals surface area contributed by atoms with Crippen molar-refractivity contribution < 1.29 is 14.6 Å². The van der Waals surface area contributed by atoms with Gasteiger partial charge in [-0.25, -0.2) is 4.99 Å². The molecule has 2 aromatic rings. The Morgan fingerprint density at radius 2 is 1.89 bits per heavy atom. The molecule has 1 aliphatic rings. The van der Waals surface area contributed by atoms with E-state index in [0.717, 1.165) is 35.1 Å². The van der Waals surface area contributed by atoms with Crippen molar-refractivity contribution in [1.29, 1.82) is 0 Å². The van der Waals surface area contributed by atoms with E-state index in [-0.39, 0.29) is 30.8 Å². The Hall–Kier alpha value is -2.00. The molecule has 6 nitrogen and oxygen atoms in total. The Morgan fingerprint density at radius 3 is 2.67 bits per heavy atom. The maximum Gasteiger partial charge on any atom is 0.231 e. The Labute approximate surface area is 177 Å². The predicted octanol–water partition coefficient (Wildman–Crippen LogP) is 3.21. The first-order chi connectivity index (χ1) is 12.8. The SMILES string of the molecule is CCNC(=NCc1ccc2c(c1)OCO2)NCCC(O)c1ccccc1.I. The lowest BCUT2D eigenvalue weighted by molar-refractivity contribution is 0.168. The molecule has 1 atom stereocenters. The Balaban J connectivity index is 0.00000261. The summed E-state index contributed by atoms with van der Waals surface area (Å²) in [4.78, 5) is 4.60. The minimum absolute atomic E-state index is 0. The Bertz CT molecular complexity index is 741. The molecule has 1 aliphatic heterocycles. The molecule has 0 amide bonds. The van der Waals surface area contributed by atoms with Crippen LogP contribution in [0.25, 0.3) is 0 Å². The molecule has 0 aromatic heterocycles. The standard InChI is InChI=1S/C20H25N3O3.HI/c1-2-21-20(22-11-10-17(24)16-6-4-3-5-7-16)23-13-15-8-9-18-19(12-15)26-14-25-18;/h3-9,12,17,24H,2,10-11,13-14H2,1H3,(H2,21,22,23);1H. The van der Waals surface area contributed by atoms with E-state index in [4.69, 9.17) is 9.47 Å². The number of aliphatic hydroxyl groups is 1. The number of fused-ring (bicyclic) bond motifs is 1. The second-order valence-electron chi connectivity index (χ2n) is 6.02. The van der Waals surface area contributed by atoms with Gasteiger partial charge in [0.1, 0.15) is 0 Å². The first-order valence-electron chi connectivity index (χ1n) is 8.90. The molecule has 0 saturated carbocycles. The number of guanidine groups is 1. The predicted molar refractivity (Wildman–Crippen MR) is 117 cm³/mol. The molecule has 3 rings (SSSR count). The van der Waals surface area contributed by atoms with E-state index in [1.54, 1.807) is 0 Å². The van der Waals surface area contributed by atoms with E-state index in [0.29, 0.717) is 19.5 Å². The second-order valence-corrected chi connectivity index (χ2v) is 6.02. The molecule has 0 fully saturated rings. The van der Waals surface area contributed by atoms with Gasteiger partial charge >= 0.3 is 0 Å². The molecule has 0 radical (unpaired) electrons. The topological polar surface area (TPSA) is 75.1 Å². The lowest BCUT2D eigenvalue weighted by Gasteiger charge is -2.14. The monoisotopic (exact) mass is 483 g/mol. The third-order valence-electron chi connectivity index (χ3n) is 4.10. The van der Waals surface area contributed by atoms with Crippen LogP contribution in [0.5, 0.6) is 11.5 Å². The molecule has 0 saturated heterocycles. The van der Waals surface area contributed by atoms with Crippen molar-refractivity contribution in [2.24, 2.45) is 4.99 Å². The van der Waals surface area contributed by atoms with Gasteiger partial charge in [0.15, 0.2) is 17.5 Å². The van der Waals surface area contributed by atoms with Gasteiger partial charge in [0.05, 0.1) is 12.6 Å². The molecule has 0 aliphatic carbocycles. The maximum absolute atomic E-state index is 10.2. The Kier molecular flexibility index (Phi) is 8.66. The van der Waals surface area contributed by atoms with Crippen LogP contribution in [0.3, 0.4) is 0 Å². The summed E-state index contributed by atoms with van der Waals surface area (Å²) in [6.07, 6.45) is 0.124. The fraction of sp³-hybridized carbons (Fsp3) is 0.350. The van der Waals surface area contributed by atoms with E-state index in [9.17, 15) is 5.11 Å². The van der Waals surface area contributed by atoms with E-state index in [1.165, 1.54) is 0 Å². The zero-order valence-electron chi connectivity index (χ0n) is 15.4. The molecular weight excluding hydrogens is 457 g/mol. The van der Waals surface area contributed by atoms with Gasteiger partial charge < -0.3 is 25.2 Å². The molecule has 7 heteroatoms. The minimum atomic E-state index is -0.486. The van der Waals surface area contributed by atoms with Crippen LogP contribution in [0.15, 0.2) is 53.5 Å². The maximum atomic E-state index is 10.2. The lowest BCUT2D eigenvalue weighted by Crippen LogP contribution is -2.38. The molecule has 146 valence electrons. The number of rotatable bonds is 7. The van der Waals surface area contributed by atoms with Crippen molar-refractivity contribution in [3.63, 3.8) is 0 Å². The number of nitrogens with zero attached hydrogens (tertiary/aromatic N) is 1. The van der Waals surface area contributed by atoms with Gasteiger partial charge in [0, 0.05) is 13.1 Å². The van der Waals surface area contributed by atoms with Crippen molar-refractivity contribution in [3.05, 3.63) is 59.7 Å². The summed E-state index contributed by atoms with van der Waals surface area (Å²) >= 11 is 0. The Morgan fingerprint density at radius 1 is 1.11 bits per heavy atom. The summed E-state index contributed by atoms with van der Waals surface area (Å²) in [5.41, 5.74) is 1.98. The normalized spacial score (nSPS) is 13.6. The van der Waals surface area contributed by atoms with E-state index >= 15 is 0 Å². The highest BCUT2D eigenvalue weighted by atomic mass is 127. The van der Waals surface area contributed by atoms with Crippen LogP contribution < -0.4 is 20.1 Å². The van der Waals surface area contributed by atoms with Crippen LogP contribution >= 0.6 is 24.0 Å². The van der Waals surface area contributed by atoms with Gasteiger partial charge in [-0.1, -0.05) is 36.4 Å². The molecule has 0 spiro atoms. The van der Waals surface area contributed by atoms with Gasteiger partial charge in [-0.3, -0.25) is 0 Å². The van der Waals surface area contributed by atoms with Gasteiger partial charge in [0.2, 0.25) is 6.79 Å². The van der Waals surface area contributed by atoms with Crippen LogP contribution in [0.1, 0.15) is 30.6 Å². The van der Waals surface area contributed by atoms with Crippen molar-refractivity contribution in [1.82, 2.24) is 10.6 Å². The number of ether oxygens (including phenoxy) is 2. The van der Waals surface area contributed by atoms with Crippen LogP contribution in [0.4, 0.5) is 0 Å². The first-order valence-corrected chi connectivity index (χ1v) is 8.90. The summed E-state index contributed by atoms with van der Waals surface area (Å²) in [6.45, 7) is 4.23. The number of hydrogen-bond acceptors (Lipinski definition) is 4. The summed E-state index contributed by atoms with van der Waals surface area (Å²) in [5, 5.41) is 16.7. The molecule has 27 heavy (non-hydrogen) atoms. The minimum Gasteiger partial charge on any atom is -0.454 e. The molecule has 0 bridgehead atoms. The zero-order chi connectivity index (χ0) is 18.2. The number of nitrogens with one attached hydrogen (secondary N) is 2. The van der Waals surface area contributed by atoms with Crippen molar-refractivity contribution in [3.8, 4) is 11.5 Å². The molecule has 3 N–H and O–H groups in total. The van der Waals surface area contributed by atoms with Gasteiger partial charge in [-0.2, -0.15) is 0 Å². The highest BCUT2D eigenvalue weighted by molar-refractivity contribution is 14.0. The second kappa shape index (κ2) is 11.0. The highest BCUT2D eigenvalue weighted by Gasteiger charge is 2.13. The van der Waals surface area contributed by atoms with Crippen molar-refractivity contribution >= 4 is 29.9 Å². The van der Waals surface area contributed by atoms with Crippen LogP contribution in [-0.2, 0) is 6.54 Å². The average Bonchev–Trinajstić information content (AvgIpc) is 3.14. The zero-order valence-corrected chi connectivity index (χ0v) is 17.7. The quantitative estimate of drug-likeness (QED) is 0.321. The highest BCUT2D eigenvalue weighted by Crippen LogP contribution is 2.32. The summed E-state index contributed by atoms with van der Waals surface area (Å²) < 4.78 is 10.7. The molecule has 1 heterocycles. The van der Waals surface area contributed by atoms with Crippen LogP contribution in [0, 0.1) is 0 Å².